The summed E-state index contributed by atoms with van der Waals surface area (Å²) in [6, 6.07) is 7.25. The van der Waals surface area contributed by atoms with Gasteiger partial charge in [0.05, 0.1) is 18.4 Å². The molecule has 110 valence electrons. The summed E-state index contributed by atoms with van der Waals surface area (Å²) in [6.45, 7) is 0.0313. The van der Waals surface area contributed by atoms with Gasteiger partial charge in [-0.25, -0.2) is 4.68 Å². The van der Waals surface area contributed by atoms with Gasteiger partial charge in [-0.15, -0.1) is 0 Å². The molecule has 1 amide bonds. The van der Waals surface area contributed by atoms with Gasteiger partial charge in [-0.3, -0.25) is 9.59 Å². The minimum Gasteiger partial charge on any atom is -0.374 e. The number of rotatable bonds is 4. The first-order valence-electron chi connectivity index (χ1n) is 5.98. The van der Waals surface area contributed by atoms with Crippen LogP contribution in [0.4, 0.5) is 11.4 Å². The summed E-state index contributed by atoms with van der Waals surface area (Å²) in [6.07, 6.45) is 1.48. The standard InChI is InChI=1S/C13H12Br2N4O2/c1-19-13(21)12(15)10(6-17-19)16-7-11(20)18-9-4-2-8(14)3-5-9/h2-6,16H,7H2,1H3,(H,18,20). The second-order valence-electron chi connectivity index (χ2n) is 4.21. The number of aromatic nitrogens is 2. The fraction of sp³-hybridized carbons (Fsp3) is 0.154. The summed E-state index contributed by atoms with van der Waals surface area (Å²) in [5, 5.41) is 9.50. The van der Waals surface area contributed by atoms with E-state index in [-0.39, 0.29) is 18.0 Å². The Morgan fingerprint density at radius 3 is 2.62 bits per heavy atom. The number of aryl methyl sites for hydroxylation is 1. The minimum absolute atomic E-state index is 0.0313. The van der Waals surface area contributed by atoms with Gasteiger partial charge in [-0.2, -0.15) is 5.10 Å². The highest BCUT2D eigenvalue weighted by Gasteiger charge is 2.08. The smallest absolute Gasteiger partial charge is 0.282 e. The molecular formula is C13H12Br2N4O2. The lowest BCUT2D eigenvalue weighted by atomic mass is 10.3. The average Bonchev–Trinajstić information content (AvgIpc) is 2.46. The van der Waals surface area contributed by atoms with Crippen LogP contribution in [0.5, 0.6) is 0 Å². The summed E-state index contributed by atoms with van der Waals surface area (Å²) >= 11 is 6.51. The molecule has 1 aromatic carbocycles. The fourth-order valence-electron chi connectivity index (χ4n) is 1.55. The summed E-state index contributed by atoms with van der Waals surface area (Å²) < 4.78 is 2.49. The van der Waals surface area contributed by atoms with Crippen molar-refractivity contribution in [1.82, 2.24) is 9.78 Å². The molecule has 0 spiro atoms. The maximum absolute atomic E-state index is 11.8. The Balaban J connectivity index is 1.97. The van der Waals surface area contributed by atoms with E-state index in [4.69, 9.17) is 0 Å². The maximum Gasteiger partial charge on any atom is 0.282 e. The predicted molar refractivity (Wildman–Crippen MR) is 88.4 cm³/mol. The Labute approximate surface area is 137 Å². The second kappa shape index (κ2) is 6.86. The van der Waals surface area contributed by atoms with Crippen LogP contribution >= 0.6 is 31.9 Å². The van der Waals surface area contributed by atoms with Gasteiger partial charge in [-0.1, -0.05) is 15.9 Å². The number of amides is 1. The Hall–Kier alpha value is -1.67. The summed E-state index contributed by atoms with van der Waals surface area (Å²) in [5.74, 6) is -0.218. The topological polar surface area (TPSA) is 76.0 Å². The number of benzene rings is 1. The molecule has 0 saturated heterocycles. The zero-order valence-electron chi connectivity index (χ0n) is 11.1. The van der Waals surface area contributed by atoms with Crippen molar-refractivity contribution in [1.29, 1.82) is 0 Å². The number of hydrogen-bond acceptors (Lipinski definition) is 4. The third-order valence-electron chi connectivity index (χ3n) is 2.65. The molecule has 0 saturated carbocycles. The van der Waals surface area contributed by atoms with Crippen LogP contribution in [0.3, 0.4) is 0 Å². The molecule has 0 unspecified atom stereocenters. The van der Waals surface area contributed by atoms with Gasteiger partial charge < -0.3 is 10.6 Å². The molecule has 0 fully saturated rings. The second-order valence-corrected chi connectivity index (χ2v) is 5.92. The molecule has 0 bridgehead atoms. The first-order valence-corrected chi connectivity index (χ1v) is 7.57. The van der Waals surface area contributed by atoms with Crippen LogP contribution in [-0.2, 0) is 11.8 Å². The van der Waals surface area contributed by atoms with Gasteiger partial charge in [0.1, 0.15) is 4.47 Å². The summed E-state index contributed by atoms with van der Waals surface area (Å²) in [4.78, 5) is 23.5. The van der Waals surface area contributed by atoms with Crippen molar-refractivity contribution < 1.29 is 4.79 Å². The van der Waals surface area contributed by atoms with Crippen LogP contribution in [0.25, 0.3) is 0 Å². The Bertz CT molecular complexity index is 713. The average molecular weight is 416 g/mol. The molecule has 2 N–H and O–H groups in total. The van der Waals surface area contributed by atoms with Crippen molar-refractivity contribution in [3.8, 4) is 0 Å². The van der Waals surface area contributed by atoms with E-state index in [2.05, 4.69) is 47.6 Å². The molecule has 1 aromatic heterocycles. The lowest BCUT2D eigenvalue weighted by Crippen LogP contribution is -2.25. The summed E-state index contributed by atoms with van der Waals surface area (Å²) in [7, 11) is 1.55. The van der Waals surface area contributed by atoms with E-state index >= 15 is 0 Å². The number of anilines is 2. The van der Waals surface area contributed by atoms with E-state index < -0.39 is 0 Å². The molecular weight excluding hydrogens is 404 g/mol. The van der Waals surface area contributed by atoms with E-state index in [0.717, 1.165) is 4.47 Å². The first kappa shape index (κ1) is 15.7. The number of carbonyl (C=O) groups is 1. The highest BCUT2D eigenvalue weighted by molar-refractivity contribution is 9.10. The number of hydrogen-bond donors (Lipinski definition) is 2. The summed E-state index contributed by atoms with van der Waals surface area (Å²) in [5.41, 5.74) is 0.906. The van der Waals surface area contributed by atoms with Gasteiger partial charge in [0, 0.05) is 17.2 Å². The zero-order chi connectivity index (χ0) is 15.4. The van der Waals surface area contributed by atoms with Gasteiger partial charge in [0.25, 0.3) is 5.56 Å². The number of halogens is 2. The van der Waals surface area contributed by atoms with Crippen molar-refractivity contribution in [3.63, 3.8) is 0 Å². The predicted octanol–water partition coefficient (Wildman–Crippen LogP) is 2.36. The quantitative estimate of drug-likeness (QED) is 0.803. The van der Waals surface area contributed by atoms with Crippen molar-refractivity contribution in [2.45, 2.75) is 0 Å². The highest BCUT2D eigenvalue weighted by Crippen LogP contribution is 2.16. The number of nitrogens with zero attached hydrogens (tertiary/aromatic N) is 2. The SMILES string of the molecule is Cn1ncc(NCC(=O)Nc2ccc(Br)cc2)c(Br)c1=O. The lowest BCUT2D eigenvalue weighted by Gasteiger charge is -2.09. The Morgan fingerprint density at radius 1 is 1.29 bits per heavy atom. The van der Waals surface area contributed by atoms with E-state index in [1.807, 2.05) is 12.1 Å². The van der Waals surface area contributed by atoms with E-state index in [1.165, 1.54) is 10.9 Å². The lowest BCUT2D eigenvalue weighted by molar-refractivity contribution is -0.114. The third-order valence-corrected chi connectivity index (χ3v) is 3.94. The monoisotopic (exact) mass is 414 g/mol. The van der Waals surface area contributed by atoms with E-state index in [0.29, 0.717) is 15.8 Å². The normalized spacial score (nSPS) is 10.2. The van der Waals surface area contributed by atoms with E-state index in [1.54, 1.807) is 19.2 Å². The van der Waals surface area contributed by atoms with Crippen molar-refractivity contribution in [2.24, 2.45) is 7.05 Å². The van der Waals surface area contributed by atoms with Gasteiger partial charge in [0.15, 0.2) is 0 Å². The highest BCUT2D eigenvalue weighted by atomic mass is 79.9. The number of carbonyl (C=O) groups excluding carboxylic acids is 1. The molecule has 8 heteroatoms. The molecule has 1 heterocycles. The van der Waals surface area contributed by atoms with Gasteiger partial charge in [0.2, 0.25) is 5.91 Å². The molecule has 2 aromatic rings. The van der Waals surface area contributed by atoms with Crippen molar-refractivity contribution in [2.75, 3.05) is 17.2 Å². The largest absolute Gasteiger partial charge is 0.374 e. The van der Waals surface area contributed by atoms with Crippen molar-refractivity contribution in [3.05, 3.63) is 49.8 Å². The molecule has 0 aliphatic carbocycles. The molecule has 0 aliphatic rings. The Morgan fingerprint density at radius 2 is 1.95 bits per heavy atom. The first-order chi connectivity index (χ1) is 9.97. The minimum atomic E-state index is -0.270. The molecule has 0 atom stereocenters. The van der Waals surface area contributed by atoms with Gasteiger partial charge in [-0.05, 0) is 40.2 Å². The fourth-order valence-corrected chi connectivity index (χ4v) is 2.31. The molecule has 0 radical (unpaired) electrons. The Kier molecular flexibility index (Phi) is 5.13. The zero-order valence-corrected chi connectivity index (χ0v) is 14.2. The van der Waals surface area contributed by atoms with Crippen LogP contribution in [0.2, 0.25) is 0 Å². The van der Waals surface area contributed by atoms with E-state index in [9.17, 15) is 9.59 Å². The number of nitrogens with one attached hydrogen (secondary N) is 2. The third kappa shape index (κ3) is 4.15. The van der Waals surface area contributed by atoms with Crippen LogP contribution in [0, 0.1) is 0 Å². The molecule has 21 heavy (non-hydrogen) atoms. The molecule has 6 nitrogen and oxygen atoms in total. The van der Waals surface area contributed by atoms with Crippen LogP contribution in [-0.4, -0.2) is 22.2 Å². The molecule has 0 aliphatic heterocycles. The van der Waals surface area contributed by atoms with Crippen molar-refractivity contribution >= 4 is 49.1 Å². The maximum atomic E-state index is 11.8. The van der Waals surface area contributed by atoms with Crippen LogP contribution in [0.15, 0.2) is 44.2 Å². The van der Waals surface area contributed by atoms with Crippen LogP contribution in [0.1, 0.15) is 0 Å². The van der Waals surface area contributed by atoms with Crippen LogP contribution < -0.4 is 16.2 Å². The molecule has 2 rings (SSSR count). The van der Waals surface area contributed by atoms with Gasteiger partial charge >= 0.3 is 0 Å².